The molecule has 1 saturated heterocycles. The molecule has 0 radical (unpaired) electrons. The second-order valence-corrected chi connectivity index (χ2v) is 7.01. The van der Waals surface area contributed by atoms with Crippen molar-refractivity contribution in [3.63, 3.8) is 0 Å². The summed E-state index contributed by atoms with van der Waals surface area (Å²) in [7, 11) is 0. The number of rotatable bonds is 5. The largest absolute Gasteiger partial charge is 0.493 e. The van der Waals surface area contributed by atoms with Crippen molar-refractivity contribution in [1.82, 2.24) is 14.9 Å². The van der Waals surface area contributed by atoms with Crippen LogP contribution in [-0.4, -0.2) is 34.6 Å². The summed E-state index contributed by atoms with van der Waals surface area (Å²) in [5.74, 6) is 0.973. The van der Waals surface area contributed by atoms with Crippen LogP contribution in [0.3, 0.4) is 0 Å². The number of aromatic nitrogens is 2. The Morgan fingerprint density at radius 3 is 2.75 bits per heavy atom. The van der Waals surface area contributed by atoms with Crippen molar-refractivity contribution in [3.05, 3.63) is 58.3 Å². The van der Waals surface area contributed by atoms with E-state index in [1.807, 2.05) is 18.2 Å². The van der Waals surface area contributed by atoms with E-state index in [1.165, 1.54) is 5.56 Å². The summed E-state index contributed by atoms with van der Waals surface area (Å²) in [4.78, 5) is 20.9. The second-order valence-electron chi connectivity index (χ2n) is 7.01. The number of ether oxygens (including phenoxy) is 1. The third-order valence-corrected chi connectivity index (χ3v) is 4.89. The lowest BCUT2D eigenvalue weighted by molar-refractivity contribution is 0.0646. The van der Waals surface area contributed by atoms with Crippen LogP contribution in [0.2, 0.25) is 0 Å². The van der Waals surface area contributed by atoms with Crippen LogP contribution in [0.15, 0.2) is 41.5 Å². The molecule has 1 aromatic carbocycles. The molecule has 0 bridgehead atoms. The summed E-state index contributed by atoms with van der Waals surface area (Å²) < 4.78 is 6.07. The number of aryl methyl sites for hydroxylation is 1. The zero-order valence-electron chi connectivity index (χ0n) is 14.4. The number of para-hydroxylation sites is 1. The van der Waals surface area contributed by atoms with E-state index in [0.29, 0.717) is 12.2 Å². The highest BCUT2D eigenvalue weighted by atomic mass is 16.5. The summed E-state index contributed by atoms with van der Waals surface area (Å²) in [5.41, 5.74) is 1.86. The Morgan fingerprint density at radius 1 is 1.29 bits per heavy atom. The molecule has 0 spiro atoms. The van der Waals surface area contributed by atoms with E-state index in [0.717, 1.165) is 38.3 Å². The summed E-state index contributed by atoms with van der Waals surface area (Å²) in [6, 6.07) is 8.14. The minimum absolute atomic E-state index is 0.0891. The molecule has 1 aliphatic heterocycles. The number of hydrogen-bond acceptors (Lipinski definition) is 4. The normalized spacial score (nSPS) is 17.6. The molecule has 1 aromatic heterocycles. The minimum Gasteiger partial charge on any atom is -0.493 e. The fourth-order valence-corrected chi connectivity index (χ4v) is 3.07. The lowest BCUT2D eigenvalue weighted by atomic mass is 9.81. The second kappa shape index (κ2) is 7.18. The minimum atomic E-state index is -0.0891. The Balaban J connectivity index is 1.53. The van der Waals surface area contributed by atoms with Crippen molar-refractivity contribution >= 4 is 0 Å². The average Bonchev–Trinajstić information content (AvgIpc) is 2.58. The van der Waals surface area contributed by atoms with Gasteiger partial charge in [-0.25, -0.2) is 0 Å². The molecule has 0 atom stereocenters. The quantitative estimate of drug-likeness (QED) is 0.917. The van der Waals surface area contributed by atoms with Gasteiger partial charge in [-0.2, -0.15) is 0 Å². The number of benzene rings is 1. The molecule has 5 heteroatoms. The smallest absolute Gasteiger partial charge is 0.270 e. The van der Waals surface area contributed by atoms with Gasteiger partial charge in [-0.3, -0.25) is 14.7 Å². The van der Waals surface area contributed by atoms with E-state index in [4.69, 9.17) is 4.74 Å². The molecule has 5 nitrogen and oxygen atoms in total. The van der Waals surface area contributed by atoms with Gasteiger partial charge < -0.3 is 9.72 Å². The molecule has 24 heavy (non-hydrogen) atoms. The molecular formula is C19H25N3O2. The van der Waals surface area contributed by atoms with Crippen LogP contribution >= 0.6 is 0 Å². The third-order valence-electron chi connectivity index (χ3n) is 4.89. The average molecular weight is 327 g/mol. The van der Waals surface area contributed by atoms with Crippen molar-refractivity contribution in [2.45, 2.75) is 33.2 Å². The number of hydrogen-bond donors (Lipinski definition) is 1. The topological polar surface area (TPSA) is 58.2 Å². The summed E-state index contributed by atoms with van der Waals surface area (Å²) >= 11 is 0. The molecular weight excluding hydrogens is 302 g/mol. The van der Waals surface area contributed by atoms with Crippen LogP contribution in [0.25, 0.3) is 0 Å². The molecule has 128 valence electrons. The number of aromatic amines is 1. The molecule has 2 aromatic rings. The molecule has 0 aliphatic carbocycles. The van der Waals surface area contributed by atoms with Gasteiger partial charge in [0.25, 0.3) is 5.56 Å². The van der Waals surface area contributed by atoms with Gasteiger partial charge in [-0.05, 0) is 44.5 Å². The van der Waals surface area contributed by atoms with Crippen LogP contribution in [0.5, 0.6) is 5.75 Å². The number of nitrogens with zero attached hydrogens (tertiary/aromatic N) is 2. The summed E-state index contributed by atoms with van der Waals surface area (Å²) in [6.45, 7) is 7.63. The van der Waals surface area contributed by atoms with Crippen LogP contribution in [-0.2, 0) is 6.54 Å². The highest BCUT2D eigenvalue weighted by Crippen LogP contribution is 2.32. The van der Waals surface area contributed by atoms with Gasteiger partial charge in [0.05, 0.1) is 6.61 Å². The fourth-order valence-electron chi connectivity index (χ4n) is 3.07. The molecule has 1 N–H and O–H groups in total. The number of H-pyrrole nitrogens is 1. The van der Waals surface area contributed by atoms with Gasteiger partial charge in [0.15, 0.2) is 0 Å². The van der Waals surface area contributed by atoms with E-state index < -0.39 is 0 Å². The first-order valence-electron chi connectivity index (χ1n) is 8.49. The van der Waals surface area contributed by atoms with Crippen molar-refractivity contribution in [2.75, 3.05) is 19.7 Å². The number of piperidine rings is 1. The first-order valence-corrected chi connectivity index (χ1v) is 8.49. The van der Waals surface area contributed by atoms with Crippen LogP contribution in [0.4, 0.5) is 0 Å². The standard InChI is InChI=1S/C19H25N3O2/c1-15-5-3-4-6-17(15)24-14-19(2)7-11-22(12-8-19)13-16-18(23)21-10-9-20-16/h3-6,9-10H,7-8,11-14H2,1-2H3,(H,21,23). The molecule has 0 amide bonds. The molecule has 0 saturated carbocycles. The maximum absolute atomic E-state index is 11.7. The van der Waals surface area contributed by atoms with Crippen LogP contribution in [0, 0.1) is 12.3 Å². The SMILES string of the molecule is Cc1ccccc1OCC1(C)CCN(Cc2ncc[nH]c2=O)CC1. The van der Waals surface area contributed by atoms with Gasteiger partial charge in [-0.1, -0.05) is 25.1 Å². The van der Waals surface area contributed by atoms with Crippen molar-refractivity contribution < 1.29 is 4.74 Å². The van der Waals surface area contributed by atoms with Crippen molar-refractivity contribution in [3.8, 4) is 5.75 Å². The fraction of sp³-hybridized carbons (Fsp3) is 0.474. The predicted molar refractivity (Wildman–Crippen MR) is 94.1 cm³/mol. The van der Waals surface area contributed by atoms with E-state index >= 15 is 0 Å². The van der Waals surface area contributed by atoms with E-state index in [9.17, 15) is 4.79 Å². The molecule has 1 aliphatic rings. The zero-order chi connectivity index (χ0) is 17.0. The maximum Gasteiger partial charge on any atom is 0.270 e. The van der Waals surface area contributed by atoms with E-state index in [1.54, 1.807) is 12.4 Å². The monoisotopic (exact) mass is 327 g/mol. The number of nitrogens with one attached hydrogen (secondary N) is 1. The van der Waals surface area contributed by atoms with E-state index in [-0.39, 0.29) is 11.0 Å². The highest BCUT2D eigenvalue weighted by molar-refractivity contribution is 5.31. The van der Waals surface area contributed by atoms with Gasteiger partial charge in [-0.15, -0.1) is 0 Å². The first kappa shape index (κ1) is 16.7. The Morgan fingerprint density at radius 2 is 2.04 bits per heavy atom. The van der Waals surface area contributed by atoms with Crippen molar-refractivity contribution in [1.29, 1.82) is 0 Å². The summed E-state index contributed by atoms with van der Waals surface area (Å²) in [6.07, 6.45) is 5.33. The highest BCUT2D eigenvalue weighted by Gasteiger charge is 2.31. The Hall–Kier alpha value is -2.14. The molecule has 0 unspecified atom stereocenters. The van der Waals surface area contributed by atoms with Gasteiger partial charge >= 0.3 is 0 Å². The van der Waals surface area contributed by atoms with E-state index in [2.05, 4.69) is 34.8 Å². The first-order chi connectivity index (χ1) is 11.6. The lowest BCUT2D eigenvalue weighted by Crippen LogP contribution is -2.42. The van der Waals surface area contributed by atoms with Crippen LogP contribution in [0.1, 0.15) is 31.0 Å². The maximum atomic E-state index is 11.7. The van der Waals surface area contributed by atoms with Gasteiger partial charge in [0, 0.05) is 24.4 Å². The lowest BCUT2D eigenvalue weighted by Gasteiger charge is -2.39. The van der Waals surface area contributed by atoms with Crippen molar-refractivity contribution in [2.24, 2.45) is 5.41 Å². The molecule has 2 heterocycles. The van der Waals surface area contributed by atoms with Crippen LogP contribution < -0.4 is 10.3 Å². The zero-order valence-corrected chi connectivity index (χ0v) is 14.4. The summed E-state index contributed by atoms with van der Waals surface area (Å²) in [5, 5.41) is 0. The molecule has 3 rings (SSSR count). The number of likely N-dealkylation sites (tertiary alicyclic amines) is 1. The third kappa shape index (κ3) is 4.03. The Labute approximate surface area is 142 Å². The predicted octanol–water partition coefficient (Wildman–Crippen LogP) is 2.76. The van der Waals surface area contributed by atoms with Gasteiger partial charge in [0.1, 0.15) is 11.4 Å². The van der Waals surface area contributed by atoms with Gasteiger partial charge in [0.2, 0.25) is 0 Å². The molecule has 1 fully saturated rings. The Kier molecular flexibility index (Phi) is 5.00. The Bertz CT molecular complexity index is 733.